The van der Waals surface area contributed by atoms with Gasteiger partial charge in [-0.05, 0) is 236 Å². The molecule has 20 aromatic carbocycles. The average molecular weight is 1940 g/mol. The van der Waals surface area contributed by atoms with Gasteiger partial charge < -0.3 is 4.42 Å². The molecule has 0 saturated heterocycles. The number of benzene rings is 20. The number of thiophene rings is 3. The Kier molecular flexibility index (Phi) is 23.9. The van der Waals surface area contributed by atoms with E-state index in [4.69, 9.17) is 34.3 Å². The molecule has 28 aromatic rings. The third kappa shape index (κ3) is 18.5. The molecule has 694 valence electrons. The quantitative estimate of drug-likeness (QED) is 0.0888. The fourth-order valence-electron chi connectivity index (χ4n) is 19.8. The Labute approximate surface area is 867 Å². The molecule has 11 heteroatoms. The molecule has 148 heavy (non-hydrogen) atoms. The molecule has 0 spiro atoms. The lowest BCUT2D eigenvalue weighted by Gasteiger charge is -2.13. The largest absolute Gasteiger partial charge is 0.456 e. The van der Waals surface area contributed by atoms with Gasteiger partial charge >= 0.3 is 0 Å². The molecule has 8 heterocycles. The summed E-state index contributed by atoms with van der Waals surface area (Å²) in [6.07, 6.45) is 3.68. The Bertz CT molecular complexity index is 9720. The van der Waals surface area contributed by atoms with Crippen LogP contribution in [0.4, 0.5) is 0 Å². The molecule has 0 aliphatic heterocycles. The van der Waals surface area contributed by atoms with Crippen LogP contribution in [0.2, 0.25) is 0 Å². The fraction of sp³-hybridized carbons (Fsp3) is 0. The van der Waals surface area contributed by atoms with Crippen molar-refractivity contribution in [1.29, 1.82) is 0 Å². The molecule has 0 N–H and O–H groups in total. The number of aromatic nitrogens is 7. The number of pyridine rings is 1. The molecule has 0 aliphatic carbocycles. The van der Waals surface area contributed by atoms with E-state index in [1.807, 2.05) is 70.5 Å². The lowest BCUT2D eigenvalue weighted by Crippen LogP contribution is -1.97. The average Bonchev–Trinajstić information content (AvgIpc) is 1.70. The fourth-order valence-corrected chi connectivity index (χ4v) is 23.0. The molecule has 0 unspecified atom stereocenters. The maximum atomic E-state index is 6.26. The van der Waals surface area contributed by atoms with Crippen molar-refractivity contribution in [3.63, 3.8) is 0 Å². The van der Waals surface area contributed by atoms with Gasteiger partial charge in [0, 0.05) is 102 Å². The first kappa shape index (κ1) is 89.4. The van der Waals surface area contributed by atoms with Crippen LogP contribution in [0.5, 0.6) is 0 Å². The SMILES string of the molecule is c1ccc(-c2ccc3cc(-c4cc(-c5ccc(-c6cc7ccccc7s6)cc5)nc(-c5ccc(-c6cccnc6)cc5)n4)ccc3c2)cc1.c1ccc(-c2ccc3cc(-c4cc(-c5ccc(-c6cc7ccccc7s6)cc5)nc(-c5ccc6c(c5)oc5ccccc56)n4)ccc3c2)cc1.c1ccc(-c2ccc3cc(-c4cc(-c5ccc(-c6cc7ccccc7s6)cc5)nc(-c5ccccc5-c5ccccc5)n4)ccc3c2)cc1. The van der Waals surface area contributed by atoms with E-state index in [2.05, 4.69) is 490 Å². The second kappa shape index (κ2) is 39.5. The van der Waals surface area contributed by atoms with Crippen LogP contribution in [0, 0.1) is 0 Å². The van der Waals surface area contributed by atoms with E-state index in [1.54, 1.807) is 6.20 Å². The van der Waals surface area contributed by atoms with Crippen molar-refractivity contribution in [2.45, 2.75) is 0 Å². The van der Waals surface area contributed by atoms with Crippen LogP contribution in [0.15, 0.2) is 532 Å². The highest BCUT2D eigenvalue weighted by Crippen LogP contribution is 2.45. The lowest BCUT2D eigenvalue weighted by molar-refractivity contribution is 0.669. The van der Waals surface area contributed by atoms with Crippen molar-refractivity contribution in [2.75, 3.05) is 0 Å². The second-order valence-corrected chi connectivity index (χ2v) is 40.3. The molecule has 0 radical (unpaired) electrons. The summed E-state index contributed by atoms with van der Waals surface area (Å²) in [7, 11) is 0. The highest BCUT2D eigenvalue weighted by Gasteiger charge is 2.22. The topological polar surface area (TPSA) is 103 Å². The lowest BCUT2D eigenvalue weighted by atomic mass is 9.97. The summed E-state index contributed by atoms with van der Waals surface area (Å²) in [5.74, 6) is 2.06. The Hall–Kier alpha value is -18.8. The summed E-state index contributed by atoms with van der Waals surface area (Å²) in [5, 5.41) is 13.1. The third-order valence-corrected chi connectivity index (χ3v) is 31.1. The Morgan fingerprint density at radius 2 is 0.446 bits per heavy atom. The van der Waals surface area contributed by atoms with Gasteiger partial charge in [-0.2, -0.15) is 0 Å². The van der Waals surface area contributed by atoms with Crippen molar-refractivity contribution in [2.24, 2.45) is 0 Å². The molecule has 8 aromatic heterocycles. The van der Waals surface area contributed by atoms with Crippen molar-refractivity contribution >= 4 is 119 Å². The number of fused-ring (bicyclic) bond motifs is 9. The zero-order valence-electron chi connectivity index (χ0n) is 80.0. The minimum atomic E-state index is 0.660. The standard InChI is InChI=1S/C46H28N2OS.C46H30N2S.C45H29N3S/c1-2-8-29(9-3-1)32-18-19-34-25-35(21-20-33(34)24-32)41-28-40(30-14-16-31(17-15-30)45-27-36-10-4-7-13-44(36)50-45)47-46(48-41)37-22-23-39-38-11-5-6-12-42(38)49-43(39)26-37;1-3-11-31(12-4-1)35-23-24-37-28-38(26-25-36(37)27-35)43-30-42(33-19-21-34(22-20-33)45-29-39-15-7-10-18-44(39)49-45)47-46(48-43)41-17-9-8-16-40(41)32-13-5-2-6-14-32;1-2-7-30(8-3-1)35-20-21-37-26-38(23-22-36(37)25-35)42-28-41(32-14-16-33(17-15-32)44-27-39-9-4-5-11-43(39)49-44)47-45(48-42)34-18-12-31(13-19-34)40-10-6-24-46-29-40/h1-28H;1-30H;1-29H. The van der Waals surface area contributed by atoms with Crippen LogP contribution in [-0.4, -0.2) is 34.9 Å². The van der Waals surface area contributed by atoms with E-state index >= 15 is 0 Å². The summed E-state index contributed by atoms with van der Waals surface area (Å²) in [5.41, 5.74) is 31.5. The van der Waals surface area contributed by atoms with E-state index in [-0.39, 0.29) is 0 Å². The summed E-state index contributed by atoms with van der Waals surface area (Å²) < 4.78 is 10.2. The predicted octanol–water partition coefficient (Wildman–Crippen LogP) is 38.2. The summed E-state index contributed by atoms with van der Waals surface area (Å²) in [6.45, 7) is 0. The third-order valence-electron chi connectivity index (χ3n) is 27.6. The number of nitrogens with zero attached hydrogens (tertiary/aromatic N) is 7. The number of para-hydroxylation sites is 1. The molecular formula is C137H87N7OS3. The highest BCUT2D eigenvalue weighted by atomic mass is 32.1. The number of hydrogen-bond acceptors (Lipinski definition) is 11. The van der Waals surface area contributed by atoms with Gasteiger partial charge in [-0.1, -0.05) is 400 Å². The van der Waals surface area contributed by atoms with E-state index in [9.17, 15) is 0 Å². The van der Waals surface area contributed by atoms with Gasteiger partial charge in [-0.15, -0.1) is 34.0 Å². The highest BCUT2D eigenvalue weighted by molar-refractivity contribution is 7.23. The maximum Gasteiger partial charge on any atom is 0.161 e. The van der Waals surface area contributed by atoms with Crippen LogP contribution < -0.4 is 0 Å². The van der Waals surface area contributed by atoms with Crippen molar-refractivity contribution < 1.29 is 4.42 Å². The van der Waals surface area contributed by atoms with Crippen LogP contribution in [0.3, 0.4) is 0 Å². The molecule has 8 nitrogen and oxygen atoms in total. The minimum absolute atomic E-state index is 0.660. The van der Waals surface area contributed by atoms with Gasteiger partial charge in [0.25, 0.3) is 0 Å². The first-order valence-corrected chi connectivity index (χ1v) is 52.0. The second-order valence-electron chi connectivity index (χ2n) is 37.0. The van der Waals surface area contributed by atoms with Gasteiger partial charge in [0.15, 0.2) is 17.5 Å². The number of rotatable bonds is 17. The predicted molar refractivity (Wildman–Crippen MR) is 622 cm³/mol. The Morgan fingerprint density at radius 3 is 0.851 bits per heavy atom. The molecule has 0 saturated carbocycles. The van der Waals surface area contributed by atoms with Crippen molar-refractivity contribution in [3.05, 3.63) is 528 Å². The number of hydrogen-bond donors (Lipinski definition) is 0. The van der Waals surface area contributed by atoms with E-state index < -0.39 is 0 Å². The Morgan fingerprint density at radius 1 is 0.155 bits per heavy atom. The summed E-state index contributed by atoms with van der Waals surface area (Å²) in [6, 6.07) is 182. The van der Waals surface area contributed by atoms with Crippen molar-refractivity contribution in [1.82, 2.24) is 34.9 Å². The van der Waals surface area contributed by atoms with Gasteiger partial charge in [-0.3, -0.25) is 4.98 Å². The molecular weight excluding hydrogens is 1860 g/mol. The molecule has 0 fully saturated rings. The molecule has 0 bridgehead atoms. The number of furan rings is 1. The minimum Gasteiger partial charge on any atom is -0.456 e. The van der Waals surface area contributed by atoms with Crippen LogP contribution in [0.25, 0.3) is 273 Å². The van der Waals surface area contributed by atoms with Crippen LogP contribution >= 0.6 is 34.0 Å². The Balaban J connectivity index is 0.000000112. The normalized spacial score (nSPS) is 11.4. The summed E-state index contributed by atoms with van der Waals surface area (Å²) in [4.78, 5) is 39.1. The zero-order valence-corrected chi connectivity index (χ0v) is 82.4. The maximum absolute atomic E-state index is 6.26. The molecule has 0 aliphatic rings. The zero-order chi connectivity index (χ0) is 98.2. The first-order chi connectivity index (χ1) is 73.2. The van der Waals surface area contributed by atoms with Crippen LogP contribution in [0.1, 0.15) is 0 Å². The van der Waals surface area contributed by atoms with Gasteiger partial charge in [0.1, 0.15) is 11.2 Å². The van der Waals surface area contributed by atoms with Gasteiger partial charge in [0.2, 0.25) is 0 Å². The monoisotopic (exact) mass is 1940 g/mol. The smallest absolute Gasteiger partial charge is 0.161 e. The van der Waals surface area contributed by atoms with E-state index in [1.165, 1.54) is 127 Å². The van der Waals surface area contributed by atoms with E-state index in [0.717, 1.165) is 128 Å². The summed E-state index contributed by atoms with van der Waals surface area (Å²) >= 11 is 5.47. The van der Waals surface area contributed by atoms with E-state index in [0.29, 0.717) is 17.5 Å². The van der Waals surface area contributed by atoms with Crippen LogP contribution in [-0.2, 0) is 0 Å². The molecule has 0 amide bonds. The van der Waals surface area contributed by atoms with Gasteiger partial charge in [-0.25, -0.2) is 29.9 Å². The van der Waals surface area contributed by atoms with Crippen molar-refractivity contribution in [3.8, 4) is 189 Å². The molecule has 0 atom stereocenters. The van der Waals surface area contributed by atoms with Gasteiger partial charge in [0.05, 0.1) is 34.2 Å². The molecule has 28 rings (SSSR count). The first-order valence-electron chi connectivity index (χ1n) is 49.5.